The minimum atomic E-state index is -0.782. The van der Waals surface area contributed by atoms with Crippen LogP contribution in [0.2, 0.25) is 0 Å². The number of alkyl carbamates (subject to hydrolysis) is 1. The third-order valence-corrected chi connectivity index (χ3v) is 6.96. The number of benzene rings is 2. The topological polar surface area (TPSA) is 136 Å². The lowest BCUT2D eigenvalue weighted by atomic mass is 10.00. The summed E-state index contributed by atoms with van der Waals surface area (Å²) in [6.07, 6.45) is 5.68. The van der Waals surface area contributed by atoms with Gasteiger partial charge in [0.15, 0.2) is 0 Å². The van der Waals surface area contributed by atoms with Crippen molar-refractivity contribution in [1.29, 1.82) is 0 Å². The van der Waals surface area contributed by atoms with Crippen LogP contribution in [0.15, 0.2) is 67.0 Å². The van der Waals surface area contributed by atoms with Gasteiger partial charge in [-0.2, -0.15) is 0 Å². The van der Waals surface area contributed by atoms with Gasteiger partial charge in [-0.1, -0.05) is 30.8 Å². The van der Waals surface area contributed by atoms with E-state index < -0.39 is 23.8 Å². The highest BCUT2D eigenvalue weighted by atomic mass is 16.6. The van der Waals surface area contributed by atoms with E-state index >= 15 is 0 Å². The van der Waals surface area contributed by atoms with Gasteiger partial charge in [0.2, 0.25) is 5.91 Å². The first kappa shape index (κ1) is 31.2. The zero-order valence-electron chi connectivity index (χ0n) is 25.4. The number of amides is 4. The van der Waals surface area contributed by atoms with Crippen molar-refractivity contribution >= 4 is 45.9 Å². The van der Waals surface area contributed by atoms with E-state index in [0.717, 1.165) is 39.0 Å². The lowest BCUT2D eigenvalue weighted by Gasteiger charge is -2.22. The van der Waals surface area contributed by atoms with E-state index in [1.54, 1.807) is 20.8 Å². The smallest absolute Gasteiger partial charge is 0.407 e. The highest BCUT2D eigenvalue weighted by Crippen LogP contribution is 2.32. The fourth-order valence-corrected chi connectivity index (χ4v) is 4.95. The molecule has 0 fully saturated rings. The molecule has 10 nitrogen and oxygen atoms in total. The summed E-state index contributed by atoms with van der Waals surface area (Å²) in [5.41, 5.74) is 5.94. The van der Waals surface area contributed by atoms with Crippen molar-refractivity contribution in [2.45, 2.75) is 65.0 Å². The molecule has 1 aliphatic heterocycles. The van der Waals surface area contributed by atoms with Gasteiger partial charge in [0.1, 0.15) is 11.6 Å². The van der Waals surface area contributed by atoms with Gasteiger partial charge in [-0.3, -0.25) is 4.79 Å². The van der Waals surface area contributed by atoms with Gasteiger partial charge in [0.25, 0.3) is 0 Å². The zero-order valence-corrected chi connectivity index (χ0v) is 25.4. The Morgan fingerprint density at radius 2 is 1.81 bits per heavy atom. The Kier molecular flexibility index (Phi) is 10.1. The number of carbonyl (C=O) groups is 3. The number of aromatic amines is 1. The molecule has 228 valence electrons. The van der Waals surface area contributed by atoms with Crippen LogP contribution in [-0.2, 0) is 16.0 Å². The van der Waals surface area contributed by atoms with Crippen molar-refractivity contribution in [3.05, 3.63) is 78.1 Å². The summed E-state index contributed by atoms with van der Waals surface area (Å²) in [6, 6.07) is 12.5. The van der Waals surface area contributed by atoms with Gasteiger partial charge < -0.3 is 36.3 Å². The molecule has 10 heteroatoms. The molecule has 0 saturated carbocycles. The van der Waals surface area contributed by atoms with Crippen molar-refractivity contribution in [2.75, 3.05) is 23.7 Å². The zero-order chi connectivity index (χ0) is 31.0. The molecule has 43 heavy (non-hydrogen) atoms. The standard InChI is InChI=1S/C33H42N6O4/c1-21-18-22(2)37-29-19-24(13-14-25(21)29)38-30(40)28(12-8-9-16-35-32(42)43-33(3,4)5)39-31(41)34-17-15-23-20-36-27-11-7-6-10-26(23)27/h6-7,10-11,13-14,18-20,28,36-37H,2,8-9,12,15-17H2,1,3-5H3,(H,35,42)(H,38,40)(H2,34,39,41). The van der Waals surface area contributed by atoms with E-state index in [1.165, 1.54) is 0 Å². The van der Waals surface area contributed by atoms with Crippen LogP contribution in [0.4, 0.5) is 21.0 Å². The normalized spacial score (nSPS) is 13.3. The molecule has 1 aliphatic rings. The van der Waals surface area contributed by atoms with Crippen LogP contribution in [0, 0.1) is 0 Å². The van der Waals surface area contributed by atoms with Crippen LogP contribution in [0.25, 0.3) is 16.5 Å². The molecule has 1 aromatic heterocycles. The third kappa shape index (κ3) is 9.13. The van der Waals surface area contributed by atoms with Crippen LogP contribution in [0.5, 0.6) is 0 Å². The predicted octanol–water partition coefficient (Wildman–Crippen LogP) is 6.05. The maximum atomic E-state index is 13.4. The minimum Gasteiger partial charge on any atom is -0.444 e. The summed E-state index contributed by atoms with van der Waals surface area (Å²) in [7, 11) is 0. The number of ether oxygens (including phenoxy) is 1. The van der Waals surface area contributed by atoms with Gasteiger partial charge in [-0.25, -0.2) is 9.59 Å². The van der Waals surface area contributed by atoms with E-state index in [9.17, 15) is 14.4 Å². The minimum absolute atomic E-state index is 0.325. The van der Waals surface area contributed by atoms with Crippen molar-refractivity contribution in [2.24, 2.45) is 0 Å². The Balaban J connectivity index is 1.34. The average Bonchev–Trinajstić information content (AvgIpc) is 3.34. The Hall–Kier alpha value is -4.73. The molecule has 4 rings (SSSR count). The van der Waals surface area contributed by atoms with Gasteiger partial charge >= 0.3 is 12.1 Å². The van der Waals surface area contributed by atoms with E-state index in [4.69, 9.17) is 4.74 Å². The van der Waals surface area contributed by atoms with Crippen LogP contribution >= 0.6 is 0 Å². The molecule has 6 N–H and O–H groups in total. The molecule has 0 bridgehead atoms. The van der Waals surface area contributed by atoms with Crippen molar-refractivity contribution < 1.29 is 19.1 Å². The van der Waals surface area contributed by atoms with Gasteiger partial charge in [0, 0.05) is 52.8 Å². The second-order valence-electron chi connectivity index (χ2n) is 11.7. The van der Waals surface area contributed by atoms with Gasteiger partial charge in [0.05, 0.1) is 0 Å². The number of hydrogen-bond donors (Lipinski definition) is 6. The highest BCUT2D eigenvalue weighted by Gasteiger charge is 2.22. The molecular formula is C33H42N6O4. The number of anilines is 2. The Morgan fingerprint density at radius 1 is 1.02 bits per heavy atom. The predicted molar refractivity (Wildman–Crippen MR) is 172 cm³/mol. The molecule has 1 unspecified atom stereocenters. The highest BCUT2D eigenvalue weighted by molar-refractivity contribution is 5.98. The first-order valence-corrected chi connectivity index (χ1v) is 14.6. The first-order valence-electron chi connectivity index (χ1n) is 14.6. The van der Waals surface area contributed by atoms with Crippen molar-refractivity contribution in [3.8, 4) is 0 Å². The van der Waals surface area contributed by atoms with Crippen molar-refractivity contribution in [1.82, 2.24) is 20.9 Å². The van der Waals surface area contributed by atoms with Crippen LogP contribution in [0.1, 0.15) is 58.1 Å². The number of allylic oxidation sites excluding steroid dienone is 2. The first-order chi connectivity index (χ1) is 20.5. The number of carbonyl (C=O) groups excluding carboxylic acids is 3. The van der Waals surface area contributed by atoms with Gasteiger partial charge in [-0.05, 0) is 88.8 Å². The summed E-state index contributed by atoms with van der Waals surface area (Å²) < 4.78 is 5.27. The number of unbranched alkanes of at least 4 members (excludes halogenated alkanes) is 1. The number of rotatable bonds is 11. The number of aromatic nitrogens is 1. The molecule has 4 amide bonds. The monoisotopic (exact) mass is 586 g/mol. The summed E-state index contributed by atoms with van der Waals surface area (Å²) in [6.45, 7) is 12.2. The maximum Gasteiger partial charge on any atom is 0.407 e. The van der Waals surface area contributed by atoms with Gasteiger partial charge in [-0.15, -0.1) is 0 Å². The second-order valence-corrected chi connectivity index (χ2v) is 11.7. The summed E-state index contributed by atoms with van der Waals surface area (Å²) in [4.78, 5) is 41.4. The molecule has 0 aliphatic carbocycles. The van der Waals surface area contributed by atoms with Crippen LogP contribution in [-0.4, -0.2) is 47.7 Å². The molecule has 3 aromatic rings. The Bertz CT molecular complexity index is 1520. The number of H-pyrrole nitrogens is 1. The number of hydrogen-bond acceptors (Lipinski definition) is 5. The lowest BCUT2D eigenvalue weighted by Crippen LogP contribution is -2.48. The SMILES string of the molecule is C=C1C=C(C)c2ccc(NC(=O)C(CCCCNC(=O)OC(C)(C)C)NC(=O)NCCc3c[nH]c4ccccc34)cc2N1. The Labute approximate surface area is 252 Å². The molecule has 0 saturated heterocycles. The van der Waals surface area contributed by atoms with E-state index in [-0.39, 0.29) is 5.91 Å². The number of para-hydroxylation sites is 1. The number of urea groups is 1. The van der Waals surface area contributed by atoms with E-state index in [0.29, 0.717) is 44.5 Å². The molecule has 2 aromatic carbocycles. The van der Waals surface area contributed by atoms with Crippen LogP contribution in [0.3, 0.4) is 0 Å². The summed E-state index contributed by atoms with van der Waals surface area (Å²) in [5.74, 6) is -0.325. The average molecular weight is 587 g/mol. The fourth-order valence-electron chi connectivity index (χ4n) is 4.95. The fraction of sp³-hybridized carbons (Fsp3) is 0.364. The number of nitrogens with one attached hydrogen (secondary N) is 6. The van der Waals surface area contributed by atoms with Crippen LogP contribution < -0.4 is 26.6 Å². The molecule has 0 spiro atoms. The maximum absolute atomic E-state index is 13.4. The van der Waals surface area contributed by atoms with Crippen molar-refractivity contribution in [3.63, 3.8) is 0 Å². The molecular weight excluding hydrogens is 544 g/mol. The summed E-state index contributed by atoms with van der Waals surface area (Å²) in [5, 5.41) is 15.8. The largest absolute Gasteiger partial charge is 0.444 e. The second kappa shape index (κ2) is 14.0. The van der Waals surface area contributed by atoms with E-state index in [1.807, 2.05) is 61.7 Å². The quantitative estimate of drug-likeness (QED) is 0.152. The number of fused-ring (bicyclic) bond motifs is 2. The van der Waals surface area contributed by atoms with E-state index in [2.05, 4.69) is 38.1 Å². The molecule has 2 heterocycles. The molecule has 1 atom stereocenters. The summed E-state index contributed by atoms with van der Waals surface area (Å²) >= 11 is 0. The lowest BCUT2D eigenvalue weighted by molar-refractivity contribution is -0.118. The molecule has 0 radical (unpaired) electrons. The third-order valence-electron chi connectivity index (χ3n) is 6.96. The Morgan fingerprint density at radius 3 is 2.60 bits per heavy atom.